The molecule has 5 nitrogen and oxygen atoms in total. The van der Waals surface area contributed by atoms with E-state index in [-0.39, 0.29) is 11.8 Å². The second kappa shape index (κ2) is 7.17. The molecule has 0 saturated carbocycles. The van der Waals surface area contributed by atoms with Crippen molar-refractivity contribution in [2.45, 2.75) is 52.0 Å². The first-order valence-corrected chi connectivity index (χ1v) is 6.25. The molecule has 0 bridgehead atoms. The van der Waals surface area contributed by atoms with E-state index in [9.17, 15) is 4.79 Å². The summed E-state index contributed by atoms with van der Waals surface area (Å²) in [4.78, 5) is 15.9. The van der Waals surface area contributed by atoms with Crippen molar-refractivity contribution < 1.29 is 4.79 Å². The van der Waals surface area contributed by atoms with Crippen LogP contribution < -0.4 is 5.73 Å². The Kier molecular flexibility index (Phi) is 5.83. The lowest BCUT2D eigenvalue weighted by Gasteiger charge is -2.08. The van der Waals surface area contributed by atoms with Crippen LogP contribution in [0.3, 0.4) is 0 Å². The molecule has 2 N–H and O–H groups in total. The van der Waals surface area contributed by atoms with Gasteiger partial charge in [-0.05, 0) is 33.2 Å². The van der Waals surface area contributed by atoms with Crippen molar-refractivity contribution in [2.24, 2.45) is 5.73 Å². The molecule has 0 aromatic carbocycles. The number of nitrogens with two attached hydrogens (primary N) is 1. The smallest absolute Gasteiger partial charge is 0.140 e. The fourth-order valence-corrected chi connectivity index (χ4v) is 1.74. The van der Waals surface area contributed by atoms with Crippen LogP contribution >= 0.6 is 0 Å². The van der Waals surface area contributed by atoms with E-state index in [0.29, 0.717) is 19.4 Å². The number of carbonyl (C=O) groups excluding carboxylic acids is 1. The summed E-state index contributed by atoms with van der Waals surface area (Å²) in [7, 11) is 0. The number of Topliss-reactive ketones (excluding diaryl/α,β-unsaturated/α-hetero) is 1. The van der Waals surface area contributed by atoms with E-state index < -0.39 is 0 Å². The number of unbranched alkanes of at least 4 members (excludes halogenated alkanes) is 2. The number of rotatable bonds is 8. The molecule has 0 fully saturated rings. The normalized spacial score (nSPS) is 11.1. The third-order valence-corrected chi connectivity index (χ3v) is 2.65. The minimum Gasteiger partial charge on any atom is -0.330 e. The molecule has 96 valence electrons. The van der Waals surface area contributed by atoms with Gasteiger partial charge in [0, 0.05) is 12.5 Å². The lowest BCUT2D eigenvalue weighted by molar-refractivity contribution is -0.118. The van der Waals surface area contributed by atoms with Gasteiger partial charge < -0.3 is 5.73 Å². The fraction of sp³-hybridized carbons (Fsp3) is 0.750. The zero-order valence-corrected chi connectivity index (χ0v) is 10.7. The number of ketones is 1. The molecule has 0 spiro atoms. The SMILES string of the molecule is CC(C)n1ncnc1CC(=O)CCCCCN. The Labute approximate surface area is 102 Å². The Bertz CT molecular complexity index is 346. The average molecular weight is 238 g/mol. The molecule has 1 heterocycles. The van der Waals surface area contributed by atoms with Gasteiger partial charge in [-0.2, -0.15) is 5.10 Å². The summed E-state index contributed by atoms with van der Waals surface area (Å²) in [6.45, 7) is 4.77. The predicted molar refractivity (Wildman–Crippen MR) is 66.6 cm³/mol. The van der Waals surface area contributed by atoms with E-state index >= 15 is 0 Å². The van der Waals surface area contributed by atoms with Crippen molar-refractivity contribution in [3.05, 3.63) is 12.2 Å². The van der Waals surface area contributed by atoms with Gasteiger partial charge in [-0.1, -0.05) is 6.42 Å². The third-order valence-electron chi connectivity index (χ3n) is 2.65. The highest BCUT2D eigenvalue weighted by Crippen LogP contribution is 2.08. The first-order chi connectivity index (χ1) is 8.15. The van der Waals surface area contributed by atoms with Crippen LogP contribution in [0.2, 0.25) is 0 Å². The molecule has 1 aromatic heterocycles. The van der Waals surface area contributed by atoms with Gasteiger partial charge in [0.15, 0.2) is 0 Å². The number of nitrogens with zero attached hydrogens (tertiary/aromatic N) is 3. The molecule has 0 aliphatic carbocycles. The van der Waals surface area contributed by atoms with Gasteiger partial charge in [0.2, 0.25) is 0 Å². The van der Waals surface area contributed by atoms with Crippen LogP contribution in [0.25, 0.3) is 0 Å². The van der Waals surface area contributed by atoms with Crippen LogP contribution in [0.15, 0.2) is 6.33 Å². The third kappa shape index (κ3) is 4.65. The van der Waals surface area contributed by atoms with Gasteiger partial charge in [-0.25, -0.2) is 9.67 Å². The van der Waals surface area contributed by atoms with Gasteiger partial charge in [0.25, 0.3) is 0 Å². The van der Waals surface area contributed by atoms with Gasteiger partial charge in [-0.3, -0.25) is 4.79 Å². The predicted octanol–water partition coefficient (Wildman–Crippen LogP) is 1.49. The average Bonchev–Trinajstić information content (AvgIpc) is 2.72. The lowest BCUT2D eigenvalue weighted by Crippen LogP contribution is -2.13. The fourth-order valence-electron chi connectivity index (χ4n) is 1.74. The maximum atomic E-state index is 11.7. The van der Waals surface area contributed by atoms with Gasteiger partial charge >= 0.3 is 0 Å². The van der Waals surface area contributed by atoms with Gasteiger partial charge in [0.1, 0.15) is 17.9 Å². The summed E-state index contributed by atoms with van der Waals surface area (Å²) in [5.41, 5.74) is 5.40. The zero-order chi connectivity index (χ0) is 12.7. The second-order valence-corrected chi connectivity index (χ2v) is 4.53. The topological polar surface area (TPSA) is 73.8 Å². The molecule has 0 unspecified atom stereocenters. The minimum atomic E-state index is 0.233. The number of carbonyl (C=O) groups is 1. The van der Waals surface area contributed by atoms with Gasteiger partial charge in [-0.15, -0.1) is 0 Å². The van der Waals surface area contributed by atoms with Crippen LogP contribution in [-0.4, -0.2) is 27.1 Å². The Balaban J connectivity index is 2.37. The lowest BCUT2D eigenvalue weighted by atomic mass is 10.1. The molecule has 1 aromatic rings. The van der Waals surface area contributed by atoms with E-state index in [1.54, 1.807) is 4.68 Å². The molecule has 1 rings (SSSR count). The highest BCUT2D eigenvalue weighted by atomic mass is 16.1. The minimum absolute atomic E-state index is 0.233. The zero-order valence-electron chi connectivity index (χ0n) is 10.7. The van der Waals surface area contributed by atoms with Crippen molar-refractivity contribution in [2.75, 3.05) is 6.54 Å². The summed E-state index contributed by atoms with van der Waals surface area (Å²) >= 11 is 0. The molecule has 17 heavy (non-hydrogen) atoms. The van der Waals surface area contributed by atoms with Crippen LogP contribution in [0.5, 0.6) is 0 Å². The summed E-state index contributed by atoms with van der Waals surface area (Å²) in [5.74, 6) is 1.00. The molecule has 0 aliphatic rings. The summed E-state index contributed by atoms with van der Waals surface area (Å²) in [6, 6.07) is 0.248. The van der Waals surface area contributed by atoms with Crippen molar-refractivity contribution in [3.8, 4) is 0 Å². The highest BCUT2D eigenvalue weighted by Gasteiger charge is 2.11. The van der Waals surface area contributed by atoms with E-state index in [2.05, 4.69) is 10.1 Å². The summed E-state index contributed by atoms with van der Waals surface area (Å²) in [6.07, 6.45) is 5.46. The Morgan fingerprint density at radius 1 is 1.41 bits per heavy atom. The molecule has 0 amide bonds. The maximum Gasteiger partial charge on any atom is 0.140 e. The molecular weight excluding hydrogens is 216 g/mol. The number of hydrogen-bond acceptors (Lipinski definition) is 4. The van der Waals surface area contributed by atoms with E-state index in [4.69, 9.17) is 5.73 Å². The van der Waals surface area contributed by atoms with Crippen molar-refractivity contribution in [1.29, 1.82) is 0 Å². The van der Waals surface area contributed by atoms with Crippen LogP contribution in [-0.2, 0) is 11.2 Å². The van der Waals surface area contributed by atoms with E-state index in [1.807, 2.05) is 13.8 Å². The standard InChI is InChI=1S/C12H22N4O/c1-10(2)16-12(14-9-15-16)8-11(17)6-4-3-5-7-13/h9-10H,3-8,13H2,1-2H3. The van der Waals surface area contributed by atoms with E-state index in [1.165, 1.54) is 6.33 Å². The number of hydrogen-bond donors (Lipinski definition) is 1. The van der Waals surface area contributed by atoms with Crippen LogP contribution in [0, 0.1) is 0 Å². The highest BCUT2D eigenvalue weighted by molar-refractivity contribution is 5.80. The van der Waals surface area contributed by atoms with Crippen LogP contribution in [0.1, 0.15) is 51.4 Å². The molecule has 5 heteroatoms. The van der Waals surface area contributed by atoms with Crippen LogP contribution in [0.4, 0.5) is 0 Å². The Hall–Kier alpha value is -1.23. The second-order valence-electron chi connectivity index (χ2n) is 4.53. The Morgan fingerprint density at radius 3 is 2.82 bits per heavy atom. The maximum absolute atomic E-state index is 11.7. The quantitative estimate of drug-likeness (QED) is 0.696. The van der Waals surface area contributed by atoms with Crippen molar-refractivity contribution in [3.63, 3.8) is 0 Å². The first-order valence-electron chi connectivity index (χ1n) is 6.25. The summed E-state index contributed by atoms with van der Waals surface area (Å²) in [5, 5.41) is 4.12. The van der Waals surface area contributed by atoms with Crippen molar-refractivity contribution in [1.82, 2.24) is 14.8 Å². The number of aromatic nitrogens is 3. The van der Waals surface area contributed by atoms with Crippen molar-refractivity contribution >= 4 is 5.78 Å². The molecular formula is C12H22N4O. The first kappa shape index (κ1) is 13.8. The van der Waals surface area contributed by atoms with E-state index in [0.717, 1.165) is 25.1 Å². The molecule has 0 atom stereocenters. The van der Waals surface area contributed by atoms with Gasteiger partial charge in [0.05, 0.1) is 6.42 Å². The molecule has 0 saturated heterocycles. The largest absolute Gasteiger partial charge is 0.330 e. The summed E-state index contributed by atoms with van der Waals surface area (Å²) < 4.78 is 1.80. The molecule has 0 radical (unpaired) electrons. The monoisotopic (exact) mass is 238 g/mol. The Morgan fingerprint density at radius 2 is 2.18 bits per heavy atom. The molecule has 0 aliphatic heterocycles.